The Morgan fingerprint density at radius 1 is 1.24 bits per heavy atom. The molecule has 0 aliphatic rings. The van der Waals surface area contributed by atoms with Crippen molar-refractivity contribution in [2.45, 2.75) is 32.9 Å². The highest BCUT2D eigenvalue weighted by Crippen LogP contribution is 2.21. The number of hydrogen-bond donors (Lipinski definition) is 3. The Kier molecular flexibility index (Phi) is 6.14. The first-order chi connectivity index (χ1) is 11.8. The zero-order valence-corrected chi connectivity index (χ0v) is 14.6. The second-order valence-corrected chi connectivity index (χ2v) is 5.97. The molecule has 1 unspecified atom stereocenters. The smallest absolute Gasteiger partial charge is 0.191 e. The standard InChI is InChI=1S/C18H23F2N3O2/c1-4-21-17(22-10-13-9-14(19)6-7-15(13)20)23-11-18(3,24)16-8-5-12(2)25-16/h5-9,24H,4,10-11H2,1-3H3,(H2,21,22,23). The van der Waals surface area contributed by atoms with Crippen LogP contribution in [0.3, 0.4) is 0 Å². The van der Waals surface area contributed by atoms with Gasteiger partial charge in [-0.25, -0.2) is 13.8 Å². The minimum absolute atomic E-state index is 0.0269. The maximum Gasteiger partial charge on any atom is 0.191 e. The molecule has 0 radical (unpaired) electrons. The highest BCUT2D eigenvalue weighted by Gasteiger charge is 2.27. The van der Waals surface area contributed by atoms with E-state index in [1.165, 1.54) is 0 Å². The molecule has 0 aliphatic heterocycles. The molecular weight excluding hydrogens is 328 g/mol. The lowest BCUT2D eigenvalue weighted by Crippen LogP contribution is -2.44. The van der Waals surface area contributed by atoms with Gasteiger partial charge < -0.3 is 20.2 Å². The molecule has 0 amide bonds. The van der Waals surface area contributed by atoms with E-state index in [-0.39, 0.29) is 18.7 Å². The van der Waals surface area contributed by atoms with E-state index in [0.717, 1.165) is 18.2 Å². The Morgan fingerprint density at radius 2 is 2.00 bits per heavy atom. The highest BCUT2D eigenvalue weighted by atomic mass is 19.1. The minimum Gasteiger partial charge on any atom is -0.463 e. The molecule has 7 heteroatoms. The molecule has 0 bridgehead atoms. The monoisotopic (exact) mass is 351 g/mol. The Labute approximate surface area is 145 Å². The number of guanidine groups is 1. The van der Waals surface area contributed by atoms with Crippen LogP contribution in [0.15, 0.2) is 39.7 Å². The number of rotatable bonds is 6. The van der Waals surface area contributed by atoms with Gasteiger partial charge in [0.25, 0.3) is 0 Å². The molecular formula is C18H23F2N3O2. The molecule has 0 fully saturated rings. The summed E-state index contributed by atoms with van der Waals surface area (Å²) in [5.41, 5.74) is -1.08. The van der Waals surface area contributed by atoms with Gasteiger partial charge >= 0.3 is 0 Å². The van der Waals surface area contributed by atoms with Gasteiger partial charge in [0, 0.05) is 12.1 Å². The molecule has 3 N–H and O–H groups in total. The zero-order chi connectivity index (χ0) is 18.4. The van der Waals surface area contributed by atoms with Crippen LogP contribution in [0.5, 0.6) is 0 Å². The lowest BCUT2D eigenvalue weighted by Gasteiger charge is -2.22. The molecule has 0 saturated heterocycles. The fourth-order valence-corrected chi connectivity index (χ4v) is 2.24. The lowest BCUT2D eigenvalue weighted by atomic mass is 10.0. The zero-order valence-electron chi connectivity index (χ0n) is 14.6. The van der Waals surface area contributed by atoms with Crippen LogP contribution in [-0.2, 0) is 12.1 Å². The third-order valence-electron chi connectivity index (χ3n) is 3.63. The van der Waals surface area contributed by atoms with Crippen molar-refractivity contribution < 1.29 is 18.3 Å². The first-order valence-corrected chi connectivity index (χ1v) is 8.07. The van der Waals surface area contributed by atoms with E-state index in [0.29, 0.717) is 24.0 Å². The van der Waals surface area contributed by atoms with Gasteiger partial charge in [-0.2, -0.15) is 0 Å². The summed E-state index contributed by atoms with van der Waals surface area (Å²) >= 11 is 0. The van der Waals surface area contributed by atoms with Crippen molar-refractivity contribution in [2.24, 2.45) is 4.99 Å². The third-order valence-corrected chi connectivity index (χ3v) is 3.63. The molecule has 0 spiro atoms. The van der Waals surface area contributed by atoms with Gasteiger partial charge in [-0.15, -0.1) is 0 Å². The fourth-order valence-electron chi connectivity index (χ4n) is 2.24. The van der Waals surface area contributed by atoms with Crippen LogP contribution >= 0.6 is 0 Å². The van der Waals surface area contributed by atoms with Crippen LogP contribution in [0, 0.1) is 18.6 Å². The fraction of sp³-hybridized carbons (Fsp3) is 0.389. The molecule has 1 aromatic carbocycles. The SMILES string of the molecule is CCNC(=NCc1cc(F)ccc1F)NCC(C)(O)c1ccc(C)o1. The van der Waals surface area contributed by atoms with Crippen molar-refractivity contribution in [1.29, 1.82) is 0 Å². The predicted molar refractivity (Wildman–Crippen MR) is 92.2 cm³/mol. The van der Waals surface area contributed by atoms with Gasteiger partial charge in [0.15, 0.2) is 5.96 Å². The Balaban J connectivity index is 2.06. The maximum absolute atomic E-state index is 13.7. The molecule has 0 saturated carbocycles. The van der Waals surface area contributed by atoms with Crippen LogP contribution in [0.4, 0.5) is 8.78 Å². The molecule has 1 aromatic heterocycles. The largest absolute Gasteiger partial charge is 0.463 e. The molecule has 0 aliphatic carbocycles. The van der Waals surface area contributed by atoms with E-state index in [2.05, 4.69) is 15.6 Å². The minimum atomic E-state index is -1.24. The van der Waals surface area contributed by atoms with Crippen molar-refractivity contribution in [2.75, 3.05) is 13.1 Å². The summed E-state index contributed by atoms with van der Waals surface area (Å²) in [6.45, 7) is 5.99. The summed E-state index contributed by atoms with van der Waals surface area (Å²) in [5.74, 6) is 0.497. The third kappa shape index (κ3) is 5.29. The van der Waals surface area contributed by atoms with Gasteiger partial charge in [0.2, 0.25) is 0 Å². The second-order valence-electron chi connectivity index (χ2n) is 5.97. The van der Waals surface area contributed by atoms with E-state index in [1.807, 2.05) is 6.92 Å². The number of aliphatic imine (C=N–C) groups is 1. The summed E-state index contributed by atoms with van der Waals surface area (Å²) in [6, 6.07) is 6.74. The molecule has 5 nitrogen and oxygen atoms in total. The highest BCUT2D eigenvalue weighted by molar-refractivity contribution is 5.79. The van der Waals surface area contributed by atoms with Crippen LogP contribution < -0.4 is 10.6 Å². The first kappa shape index (κ1) is 18.9. The molecule has 136 valence electrons. The van der Waals surface area contributed by atoms with Crippen LogP contribution in [-0.4, -0.2) is 24.2 Å². The summed E-state index contributed by atoms with van der Waals surface area (Å²) < 4.78 is 32.4. The van der Waals surface area contributed by atoms with Gasteiger partial charge in [-0.3, -0.25) is 0 Å². The van der Waals surface area contributed by atoms with Gasteiger partial charge in [-0.05, 0) is 51.1 Å². The van der Waals surface area contributed by atoms with Gasteiger partial charge in [0.1, 0.15) is 28.8 Å². The van der Waals surface area contributed by atoms with Crippen molar-refractivity contribution in [3.8, 4) is 0 Å². The van der Waals surface area contributed by atoms with E-state index < -0.39 is 17.2 Å². The van der Waals surface area contributed by atoms with E-state index >= 15 is 0 Å². The maximum atomic E-state index is 13.7. The average Bonchev–Trinajstić information content (AvgIpc) is 3.00. The van der Waals surface area contributed by atoms with Crippen molar-refractivity contribution in [3.05, 3.63) is 59.1 Å². The molecule has 1 atom stereocenters. The number of hydrogen-bond acceptors (Lipinski definition) is 3. The molecule has 25 heavy (non-hydrogen) atoms. The van der Waals surface area contributed by atoms with Crippen molar-refractivity contribution in [3.63, 3.8) is 0 Å². The second kappa shape index (κ2) is 8.11. The predicted octanol–water partition coefficient (Wildman–Crippen LogP) is 2.83. The van der Waals surface area contributed by atoms with Crippen LogP contribution in [0.25, 0.3) is 0 Å². The van der Waals surface area contributed by atoms with Crippen molar-refractivity contribution >= 4 is 5.96 Å². The lowest BCUT2D eigenvalue weighted by molar-refractivity contribution is 0.0378. The van der Waals surface area contributed by atoms with Crippen LogP contribution in [0.1, 0.15) is 30.9 Å². The van der Waals surface area contributed by atoms with Gasteiger partial charge in [-0.1, -0.05) is 0 Å². The molecule has 2 aromatic rings. The Morgan fingerprint density at radius 3 is 2.64 bits per heavy atom. The topological polar surface area (TPSA) is 69.8 Å². The summed E-state index contributed by atoms with van der Waals surface area (Å²) in [6.07, 6.45) is 0. The number of furan rings is 1. The Hall–Kier alpha value is -2.41. The summed E-state index contributed by atoms with van der Waals surface area (Å²) in [4.78, 5) is 4.23. The molecule has 1 heterocycles. The number of halogens is 2. The number of nitrogens with one attached hydrogen (secondary N) is 2. The number of aryl methyl sites for hydroxylation is 1. The first-order valence-electron chi connectivity index (χ1n) is 8.07. The number of nitrogens with zero attached hydrogens (tertiary/aromatic N) is 1. The summed E-state index contributed by atoms with van der Waals surface area (Å²) in [5, 5.41) is 16.5. The summed E-state index contributed by atoms with van der Waals surface area (Å²) in [7, 11) is 0. The molecule has 2 rings (SSSR count). The van der Waals surface area contributed by atoms with E-state index in [4.69, 9.17) is 4.42 Å². The quantitative estimate of drug-likeness (QED) is 0.553. The van der Waals surface area contributed by atoms with E-state index in [9.17, 15) is 13.9 Å². The van der Waals surface area contributed by atoms with Crippen molar-refractivity contribution in [1.82, 2.24) is 10.6 Å². The Bertz CT molecular complexity index is 742. The number of aliphatic hydroxyl groups is 1. The van der Waals surface area contributed by atoms with Crippen LogP contribution in [0.2, 0.25) is 0 Å². The average molecular weight is 351 g/mol. The number of benzene rings is 1. The normalized spacial score (nSPS) is 14.2. The van der Waals surface area contributed by atoms with Gasteiger partial charge in [0.05, 0.1) is 13.1 Å². The van der Waals surface area contributed by atoms with E-state index in [1.54, 1.807) is 26.0 Å².